The second kappa shape index (κ2) is 7.87. The number of rotatable bonds is 7. The first kappa shape index (κ1) is 21.8. The third kappa shape index (κ3) is 5.51. The molecule has 2 N–H and O–H groups in total. The molecule has 0 bridgehead atoms. The molecule has 1 aliphatic rings. The number of hydrogen-bond acceptors (Lipinski definition) is 3. The molecule has 152 valence electrons. The van der Waals surface area contributed by atoms with E-state index in [4.69, 9.17) is 11.6 Å². The monoisotopic (exact) mass is 426 g/mol. The molecule has 0 radical (unpaired) electrons. The van der Waals surface area contributed by atoms with Crippen molar-refractivity contribution in [2.24, 2.45) is 0 Å². The van der Waals surface area contributed by atoms with Gasteiger partial charge in [-0.05, 0) is 57.7 Å². The fourth-order valence-electron chi connectivity index (χ4n) is 2.57. The Morgan fingerprint density at radius 3 is 2.41 bits per heavy atom. The van der Waals surface area contributed by atoms with E-state index in [-0.39, 0.29) is 22.7 Å². The van der Waals surface area contributed by atoms with Crippen LogP contribution in [0.2, 0.25) is 0 Å². The van der Waals surface area contributed by atoms with Gasteiger partial charge in [0.2, 0.25) is 10.0 Å². The van der Waals surface area contributed by atoms with Crippen LogP contribution < -0.4 is 10.0 Å². The van der Waals surface area contributed by atoms with Gasteiger partial charge in [0.1, 0.15) is 0 Å². The minimum atomic E-state index is -4.66. The minimum absolute atomic E-state index is 0.189. The molecule has 1 saturated carbocycles. The Morgan fingerprint density at radius 1 is 1.30 bits per heavy atom. The Morgan fingerprint density at radius 2 is 1.93 bits per heavy atom. The second-order valence-corrected chi connectivity index (χ2v) is 10.0. The molecular weight excluding hydrogens is 405 g/mol. The number of hydrogen-bond donors (Lipinski definition) is 2. The van der Waals surface area contributed by atoms with Crippen LogP contribution in [-0.2, 0) is 16.2 Å². The molecule has 0 heterocycles. The molecule has 1 aromatic carbocycles. The number of benzene rings is 1. The van der Waals surface area contributed by atoms with Crippen LogP contribution >= 0.6 is 11.6 Å². The Kier molecular flexibility index (Phi) is 6.36. The van der Waals surface area contributed by atoms with Gasteiger partial charge in [-0.1, -0.05) is 0 Å². The first-order chi connectivity index (χ1) is 12.3. The van der Waals surface area contributed by atoms with Crippen LogP contribution in [0.4, 0.5) is 18.9 Å². The van der Waals surface area contributed by atoms with Gasteiger partial charge in [-0.25, -0.2) is 8.42 Å². The van der Waals surface area contributed by atoms with E-state index in [9.17, 15) is 26.4 Å². The third-order valence-corrected chi connectivity index (χ3v) is 6.89. The maximum Gasteiger partial charge on any atom is 0.416 e. The summed E-state index contributed by atoms with van der Waals surface area (Å²) >= 11 is 6.28. The number of halogens is 4. The summed E-state index contributed by atoms with van der Waals surface area (Å²) in [5.74, 6) is -0.790. The zero-order valence-electron chi connectivity index (χ0n) is 15.0. The lowest BCUT2D eigenvalue weighted by atomic mass is 9.82. The standard InChI is InChI=1S/C17H22ClF3N2O3S/c1-11(2)27(25,26)23-14-5-4-12(17(19,20)21)10-13(14)15(24)22-9-8-16(18)6-3-7-16/h4-5,10-11,23H,3,6-9H2,1-2H3,(H,22,24). The largest absolute Gasteiger partial charge is 0.416 e. The highest BCUT2D eigenvalue weighted by Gasteiger charge is 2.35. The van der Waals surface area contributed by atoms with Crippen LogP contribution in [0.25, 0.3) is 0 Å². The van der Waals surface area contributed by atoms with E-state index in [0.717, 1.165) is 31.4 Å². The second-order valence-electron chi connectivity index (χ2n) is 6.96. The maximum atomic E-state index is 13.0. The van der Waals surface area contributed by atoms with E-state index in [0.29, 0.717) is 12.5 Å². The van der Waals surface area contributed by atoms with Crippen molar-refractivity contribution in [1.82, 2.24) is 5.32 Å². The summed E-state index contributed by atoms with van der Waals surface area (Å²) in [6.07, 6.45) is -1.50. The zero-order valence-corrected chi connectivity index (χ0v) is 16.6. The lowest BCUT2D eigenvalue weighted by molar-refractivity contribution is -0.137. The normalized spacial score (nSPS) is 16.7. The van der Waals surface area contributed by atoms with Crippen molar-refractivity contribution >= 4 is 33.2 Å². The smallest absolute Gasteiger partial charge is 0.352 e. The van der Waals surface area contributed by atoms with Crippen molar-refractivity contribution in [1.29, 1.82) is 0 Å². The highest BCUT2D eigenvalue weighted by Crippen LogP contribution is 2.40. The van der Waals surface area contributed by atoms with Gasteiger partial charge in [0.25, 0.3) is 5.91 Å². The van der Waals surface area contributed by atoms with Gasteiger partial charge in [0.05, 0.1) is 22.1 Å². The molecule has 27 heavy (non-hydrogen) atoms. The molecule has 0 saturated heterocycles. The summed E-state index contributed by atoms with van der Waals surface area (Å²) in [4.78, 5) is 12.1. The van der Waals surface area contributed by atoms with Crippen molar-refractivity contribution in [3.8, 4) is 0 Å². The fraction of sp³-hybridized carbons (Fsp3) is 0.588. The molecule has 1 aliphatic carbocycles. The van der Waals surface area contributed by atoms with Crippen molar-refractivity contribution in [3.63, 3.8) is 0 Å². The number of carbonyl (C=O) groups is 1. The van der Waals surface area contributed by atoms with Crippen LogP contribution in [0.5, 0.6) is 0 Å². The summed E-state index contributed by atoms with van der Waals surface area (Å²) in [5, 5.41) is 1.72. The van der Waals surface area contributed by atoms with Crippen LogP contribution in [0.3, 0.4) is 0 Å². The number of anilines is 1. The Balaban J connectivity index is 2.24. The van der Waals surface area contributed by atoms with Crippen molar-refractivity contribution < 1.29 is 26.4 Å². The van der Waals surface area contributed by atoms with Crippen molar-refractivity contribution in [3.05, 3.63) is 29.3 Å². The predicted octanol–water partition coefficient (Wildman–Crippen LogP) is 4.14. The van der Waals surface area contributed by atoms with Gasteiger partial charge in [0.15, 0.2) is 0 Å². The number of alkyl halides is 4. The maximum absolute atomic E-state index is 13.0. The quantitative estimate of drug-likeness (QED) is 0.643. The van der Waals surface area contributed by atoms with Gasteiger partial charge >= 0.3 is 6.18 Å². The summed E-state index contributed by atoms with van der Waals surface area (Å²) in [6.45, 7) is 3.03. The van der Waals surface area contributed by atoms with E-state index >= 15 is 0 Å². The van der Waals surface area contributed by atoms with E-state index in [1.807, 2.05) is 0 Å². The van der Waals surface area contributed by atoms with E-state index in [1.54, 1.807) is 0 Å². The van der Waals surface area contributed by atoms with Crippen LogP contribution in [0.15, 0.2) is 18.2 Å². The number of carbonyl (C=O) groups excluding carboxylic acids is 1. The van der Waals surface area contributed by atoms with Crippen LogP contribution in [-0.4, -0.2) is 31.0 Å². The van der Waals surface area contributed by atoms with Gasteiger partial charge in [-0.3, -0.25) is 9.52 Å². The average molecular weight is 427 g/mol. The Hall–Kier alpha value is -1.48. The lowest BCUT2D eigenvalue weighted by Crippen LogP contribution is -2.36. The Labute approximate surface area is 161 Å². The molecular formula is C17H22ClF3N2O3S. The SMILES string of the molecule is CC(C)S(=O)(=O)Nc1ccc(C(F)(F)F)cc1C(=O)NCCC1(Cl)CCC1. The zero-order chi connectivity index (χ0) is 20.5. The molecule has 1 aromatic rings. The fourth-order valence-corrected chi connectivity index (χ4v) is 3.66. The number of amides is 1. The predicted molar refractivity (Wildman–Crippen MR) is 98.5 cm³/mol. The summed E-state index contributed by atoms with van der Waals surface area (Å²) < 4.78 is 65.3. The molecule has 1 fully saturated rings. The highest BCUT2D eigenvalue weighted by atomic mass is 35.5. The molecule has 10 heteroatoms. The summed E-state index contributed by atoms with van der Waals surface area (Å²) in [6, 6.07) is 2.33. The molecule has 2 rings (SSSR count). The average Bonchev–Trinajstić information content (AvgIpc) is 2.51. The summed E-state index contributed by atoms with van der Waals surface area (Å²) in [5.41, 5.74) is -1.61. The molecule has 0 aromatic heterocycles. The van der Waals surface area contributed by atoms with Crippen molar-refractivity contribution in [2.75, 3.05) is 11.3 Å². The topological polar surface area (TPSA) is 75.3 Å². The molecule has 1 amide bonds. The van der Waals surface area contributed by atoms with Gasteiger partial charge < -0.3 is 5.32 Å². The van der Waals surface area contributed by atoms with E-state index in [2.05, 4.69) is 10.0 Å². The molecule has 5 nitrogen and oxygen atoms in total. The first-order valence-electron chi connectivity index (χ1n) is 8.54. The van der Waals surface area contributed by atoms with Gasteiger partial charge in [-0.2, -0.15) is 13.2 Å². The molecule has 0 unspecified atom stereocenters. The molecule has 0 atom stereocenters. The van der Waals surface area contributed by atoms with Gasteiger partial charge in [0, 0.05) is 11.4 Å². The Bertz CT molecular complexity index is 806. The molecule has 0 aliphatic heterocycles. The summed E-state index contributed by atoms with van der Waals surface area (Å²) in [7, 11) is -3.83. The van der Waals surface area contributed by atoms with Crippen LogP contribution in [0.1, 0.15) is 55.5 Å². The molecule has 0 spiro atoms. The first-order valence-corrected chi connectivity index (χ1v) is 10.5. The van der Waals surface area contributed by atoms with Crippen molar-refractivity contribution in [2.45, 2.75) is 55.8 Å². The van der Waals surface area contributed by atoms with E-state index in [1.165, 1.54) is 13.8 Å². The van der Waals surface area contributed by atoms with Gasteiger partial charge in [-0.15, -0.1) is 11.6 Å². The highest BCUT2D eigenvalue weighted by molar-refractivity contribution is 7.93. The third-order valence-electron chi connectivity index (χ3n) is 4.57. The number of nitrogens with one attached hydrogen (secondary N) is 2. The van der Waals surface area contributed by atoms with Crippen LogP contribution in [0, 0.1) is 0 Å². The minimum Gasteiger partial charge on any atom is -0.352 e. The lowest BCUT2D eigenvalue weighted by Gasteiger charge is -2.35. The van der Waals surface area contributed by atoms with E-state index < -0.39 is 32.9 Å². The number of sulfonamides is 1.